The molecule has 0 fully saturated rings. The highest BCUT2D eigenvalue weighted by Crippen LogP contribution is 2.24. The van der Waals surface area contributed by atoms with E-state index in [2.05, 4.69) is 9.47 Å². The molecular weight excluding hydrogens is 346 g/mol. The van der Waals surface area contributed by atoms with Gasteiger partial charge in [0.15, 0.2) is 0 Å². The van der Waals surface area contributed by atoms with Crippen molar-refractivity contribution in [2.45, 2.75) is 4.90 Å². The molecule has 0 aromatic heterocycles. The predicted octanol–water partition coefficient (Wildman–Crippen LogP) is 1.84. The highest BCUT2D eigenvalue weighted by molar-refractivity contribution is 7.92. The number of benzene rings is 2. The van der Waals surface area contributed by atoms with Crippen molar-refractivity contribution in [3.63, 3.8) is 0 Å². The minimum absolute atomic E-state index is 0.0161. The first-order valence-electron chi connectivity index (χ1n) is 7.23. The monoisotopic (exact) mass is 363 g/mol. The Labute approximate surface area is 145 Å². The van der Waals surface area contributed by atoms with E-state index in [0.29, 0.717) is 0 Å². The highest BCUT2D eigenvalue weighted by Gasteiger charge is 2.28. The van der Waals surface area contributed by atoms with Crippen molar-refractivity contribution in [3.8, 4) is 0 Å². The number of anilines is 1. The molecule has 7 nitrogen and oxygen atoms in total. The molecule has 25 heavy (non-hydrogen) atoms. The zero-order valence-electron chi connectivity index (χ0n) is 13.7. The summed E-state index contributed by atoms with van der Waals surface area (Å²) in [7, 11) is -1.64. The maximum atomic E-state index is 12.9. The van der Waals surface area contributed by atoms with Crippen LogP contribution < -0.4 is 4.31 Å². The van der Waals surface area contributed by atoms with E-state index >= 15 is 0 Å². The minimum Gasteiger partial charge on any atom is -0.468 e. The van der Waals surface area contributed by atoms with E-state index < -0.39 is 28.5 Å². The lowest BCUT2D eigenvalue weighted by atomic mass is 10.2. The van der Waals surface area contributed by atoms with Crippen LogP contribution in [0, 0.1) is 0 Å². The molecule has 0 atom stereocenters. The summed E-state index contributed by atoms with van der Waals surface area (Å²) >= 11 is 0. The average molecular weight is 363 g/mol. The average Bonchev–Trinajstić information content (AvgIpc) is 2.65. The van der Waals surface area contributed by atoms with Gasteiger partial charge in [0.1, 0.15) is 6.54 Å². The molecule has 2 rings (SSSR count). The zero-order valence-corrected chi connectivity index (χ0v) is 14.5. The Kier molecular flexibility index (Phi) is 5.76. The van der Waals surface area contributed by atoms with E-state index in [9.17, 15) is 18.0 Å². The number of carbonyl (C=O) groups excluding carboxylic acids is 2. The van der Waals surface area contributed by atoms with Crippen LogP contribution in [0.2, 0.25) is 0 Å². The van der Waals surface area contributed by atoms with E-state index in [1.165, 1.54) is 50.6 Å². The molecule has 0 N–H and O–H groups in total. The molecule has 0 saturated heterocycles. The highest BCUT2D eigenvalue weighted by atomic mass is 32.2. The first-order chi connectivity index (χ1) is 11.9. The van der Waals surface area contributed by atoms with E-state index in [0.717, 1.165) is 4.31 Å². The van der Waals surface area contributed by atoms with Crippen molar-refractivity contribution in [2.24, 2.45) is 0 Å². The molecule has 0 bridgehead atoms. The number of carbonyl (C=O) groups is 2. The van der Waals surface area contributed by atoms with Crippen LogP contribution in [-0.2, 0) is 24.3 Å². The molecule has 0 saturated carbocycles. The van der Waals surface area contributed by atoms with Gasteiger partial charge in [-0.3, -0.25) is 9.10 Å². The molecular formula is C17H17NO6S. The molecule has 2 aromatic carbocycles. The summed E-state index contributed by atoms with van der Waals surface area (Å²) in [6, 6.07) is 13.5. The van der Waals surface area contributed by atoms with Gasteiger partial charge in [0, 0.05) is 0 Å². The second-order valence-corrected chi connectivity index (χ2v) is 6.81. The number of methoxy groups -OCH3 is 2. The maximum Gasteiger partial charge on any atom is 0.337 e. The van der Waals surface area contributed by atoms with Crippen LogP contribution in [0.3, 0.4) is 0 Å². The Morgan fingerprint density at radius 3 is 2.24 bits per heavy atom. The van der Waals surface area contributed by atoms with E-state index in [-0.39, 0.29) is 16.1 Å². The van der Waals surface area contributed by atoms with Gasteiger partial charge in [-0.05, 0) is 30.3 Å². The number of nitrogens with zero attached hydrogens (tertiary/aromatic N) is 1. The summed E-state index contributed by atoms with van der Waals surface area (Å²) in [5.74, 6) is -1.35. The lowest BCUT2D eigenvalue weighted by Gasteiger charge is -2.23. The molecule has 0 aliphatic heterocycles. The fourth-order valence-corrected chi connectivity index (χ4v) is 3.54. The van der Waals surface area contributed by atoms with Crippen LogP contribution in [0.25, 0.3) is 0 Å². The van der Waals surface area contributed by atoms with Gasteiger partial charge >= 0.3 is 11.9 Å². The van der Waals surface area contributed by atoms with Gasteiger partial charge < -0.3 is 9.47 Å². The fourth-order valence-electron chi connectivity index (χ4n) is 2.12. The molecule has 132 valence electrons. The zero-order chi connectivity index (χ0) is 18.4. The van der Waals surface area contributed by atoms with Gasteiger partial charge in [0.2, 0.25) is 0 Å². The second-order valence-electron chi connectivity index (χ2n) is 4.94. The maximum absolute atomic E-state index is 12.9. The van der Waals surface area contributed by atoms with Crippen LogP contribution in [0.5, 0.6) is 0 Å². The molecule has 0 radical (unpaired) electrons. The largest absolute Gasteiger partial charge is 0.468 e. The number of hydrogen-bond acceptors (Lipinski definition) is 6. The molecule has 8 heteroatoms. The van der Waals surface area contributed by atoms with Crippen molar-refractivity contribution in [1.29, 1.82) is 0 Å². The summed E-state index contributed by atoms with van der Waals surface area (Å²) in [5, 5.41) is 0. The topological polar surface area (TPSA) is 90.0 Å². The Bertz CT molecular complexity index is 864. The van der Waals surface area contributed by atoms with Crippen LogP contribution >= 0.6 is 0 Å². The standard InChI is InChI=1S/C17H17NO6S/c1-23-16(19)12-18(25(21,22)15-9-4-3-5-10-15)14-8-6-7-13(11-14)17(20)24-2/h3-11H,12H2,1-2H3. The Morgan fingerprint density at radius 1 is 0.960 bits per heavy atom. The van der Waals surface area contributed by atoms with Crippen LogP contribution in [0.4, 0.5) is 5.69 Å². The van der Waals surface area contributed by atoms with Crippen molar-refractivity contribution in [3.05, 3.63) is 60.2 Å². The third-order valence-electron chi connectivity index (χ3n) is 3.39. The van der Waals surface area contributed by atoms with Gasteiger partial charge in [-0.2, -0.15) is 0 Å². The first-order valence-corrected chi connectivity index (χ1v) is 8.67. The fraction of sp³-hybridized carbons (Fsp3) is 0.176. The van der Waals surface area contributed by atoms with Crippen LogP contribution in [0.1, 0.15) is 10.4 Å². The third kappa shape index (κ3) is 4.16. The Balaban J connectivity index is 2.54. The van der Waals surface area contributed by atoms with Gasteiger partial charge in [-0.1, -0.05) is 24.3 Å². The summed E-state index contributed by atoms with van der Waals surface area (Å²) in [6.07, 6.45) is 0. The number of rotatable bonds is 6. The quantitative estimate of drug-likeness (QED) is 0.728. The number of hydrogen-bond donors (Lipinski definition) is 0. The molecule has 0 amide bonds. The third-order valence-corrected chi connectivity index (χ3v) is 5.17. The molecule has 0 heterocycles. The molecule has 0 aliphatic carbocycles. The van der Waals surface area contributed by atoms with E-state index in [1.807, 2.05) is 0 Å². The van der Waals surface area contributed by atoms with Crippen molar-refractivity contribution in [1.82, 2.24) is 0 Å². The SMILES string of the molecule is COC(=O)CN(c1cccc(C(=O)OC)c1)S(=O)(=O)c1ccccc1. The van der Waals surface area contributed by atoms with Gasteiger partial charge in [-0.15, -0.1) is 0 Å². The van der Waals surface area contributed by atoms with Crippen molar-refractivity contribution in [2.75, 3.05) is 25.1 Å². The number of sulfonamides is 1. The van der Waals surface area contributed by atoms with Gasteiger partial charge in [-0.25, -0.2) is 13.2 Å². The lowest BCUT2D eigenvalue weighted by Crippen LogP contribution is -2.36. The van der Waals surface area contributed by atoms with Crippen LogP contribution in [0.15, 0.2) is 59.5 Å². The lowest BCUT2D eigenvalue weighted by molar-refractivity contribution is -0.138. The Morgan fingerprint density at radius 2 is 1.64 bits per heavy atom. The summed E-state index contributed by atoms with van der Waals surface area (Å²) < 4.78 is 36.0. The molecule has 0 spiro atoms. The van der Waals surface area contributed by atoms with Gasteiger partial charge in [0.05, 0.1) is 30.4 Å². The van der Waals surface area contributed by atoms with Crippen molar-refractivity contribution < 1.29 is 27.5 Å². The molecule has 2 aromatic rings. The molecule has 0 aliphatic rings. The number of esters is 2. The smallest absolute Gasteiger partial charge is 0.337 e. The van der Waals surface area contributed by atoms with Crippen molar-refractivity contribution >= 4 is 27.6 Å². The summed E-state index contributed by atoms with van der Waals surface area (Å²) in [6.45, 7) is -0.529. The van der Waals surface area contributed by atoms with Gasteiger partial charge in [0.25, 0.3) is 10.0 Å². The Hall–Kier alpha value is -2.87. The van der Waals surface area contributed by atoms with E-state index in [4.69, 9.17) is 0 Å². The first kappa shape index (κ1) is 18.5. The summed E-state index contributed by atoms with van der Waals surface area (Å²) in [5.41, 5.74) is 0.315. The minimum atomic E-state index is -4.03. The summed E-state index contributed by atoms with van der Waals surface area (Å²) in [4.78, 5) is 23.4. The van der Waals surface area contributed by atoms with Crippen LogP contribution in [-0.4, -0.2) is 41.1 Å². The second kappa shape index (κ2) is 7.80. The normalized spacial score (nSPS) is 10.8. The molecule has 0 unspecified atom stereocenters. The number of ether oxygens (including phenoxy) is 2. The predicted molar refractivity (Wildman–Crippen MR) is 90.8 cm³/mol. The van der Waals surface area contributed by atoms with E-state index in [1.54, 1.807) is 18.2 Å².